The smallest absolute Gasteiger partial charge is 0.278 e. The quantitative estimate of drug-likeness (QED) is 0.370. The van der Waals surface area contributed by atoms with Gasteiger partial charge in [-0.2, -0.15) is 4.98 Å². The van der Waals surface area contributed by atoms with Crippen LogP contribution in [-0.2, 0) is 17.8 Å². The highest BCUT2D eigenvalue weighted by molar-refractivity contribution is 5.77. The van der Waals surface area contributed by atoms with E-state index < -0.39 is 0 Å². The number of nitrogens with zero attached hydrogens (tertiary/aromatic N) is 6. The van der Waals surface area contributed by atoms with Gasteiger partial charge in [-0.15, -0.1) is 6.58 Å². The first-order chi connectivity index (χ1) is 17.9. The minimum absolute atomic E-state index is 0.148. The molecule has 0 amide bonds. The number of allylic oxidation sites excluding steroid dienone is 1. The number of hydrogen-bond donors (Lipinski definition) is 1. The highest BCUT2D eigenvalue weighted by Crippen LogP contribution is 2.26. The van der Waals surface area contributed by atoms with E-state index >= 15 is 0 Å². The Morgan fingerprint density at radius 3 is 2.70 bits per heavy atom. The van der Waals surface area contributed by atoms with Crippen molar-refractivity contribution >= 4 is 28.4 Å². The number of aromatic nitrogens is 4. The highest BCUT2D eigenvalue weighted by atomic mass is 16.5. The molecule has 4 aromatic rings. The summed E-state index contributed by atoms with van der Waals surface area (Å²) in [5.74, 6) is 0.431. The van der Waals surface area contributed by atoms with E-state index in [1.165, 1.54) is 11.3 Å². The van der Waals surface area contributed by atoms with Crippen molar-refractivity contribution in [2.45, 2.75) is 20.0 Å². The zero-order chi connectivity index (χ0) is 25.9. The normalized spacial score (nSPS) is 13.9. The molecule has 9 nitrogen and oxygen atoms in total. The molecule has 192 valence electrons. The summed E-state index contributed by atoms with van der Waals surface area (Å²) in [6, 6.07) is 14.4. The standard InChI is InChI=1S/C28H33N7O2/c1-5-11-34-27(36)24-18-29-28(30-22-9-10-25(20(2)16-22)33-12-14-37-15-13-33)31-26(24)35(34)23-8-6-7-21(17-23)19-32(3)4/h5-10,16-18H,1,11-15,19H2,2-4H3,(H,29,30,31). The summed E-state index contributed by atoms with van der Waals surface area (Å²) in [4.78, 5) is 27.0. The second-order valence-corrected chi connectivity index (χ2v) is 9.55. The number of nitrogens with one attached hydrogen (secondary N) is 1. The second-order valence-electron chi connectivity index (χ2n) is 9.55. The molecule has 0 bridgehead atoms. The summed E-state index contributed by atoms with van der Waals surface area (Å²) in [6.07, 6.45) is 3.31. The van der Waals surface area contributed by atoms with E-state index in [9.17, 15) is 4.79 Å². The van der Waals surface area contributed by atoms with E-state index in [1.807, 2.05) is 37.0 Å². The molecule has 0 radical (unpaired) electrons. The molecular formula is C28H33N7O2. The molecule has 0 aliphatic carbocycles. The highest BCUT2D eigenvalue weighted by Gasteiger charge is 2.18. The Morgan fingerprint density at radius 1 is 1.16 bits per heavy atom. The number of benzene rings is 2. The SMILES string of the molecule is C=CCn1c(=O)c2cnc(Nc3ccc(N4CCOCC4)c(C)c3)nc2n1-c1cccc(CN(C)C)c1. The molecule has 1 fully saturated rings. The van der Waals surface area contributed by atoms with Crippen molar-refractivity contribution in [3.05, 3.63) is 82.8 Å². The lowest BCUT2D eigenvalue weighted by Crippen LogP contribution is -2.36. The van der Waals surface area contributed by atoms with Crippen LogP contribution in [0.3, 0.4) is 0 Å². The van der Waals surface area contributed by atoms with Crippen LogP contribution in [0.25, 0.3) is 16.7 Å². The average molecular weight is 500 g/mol. The van der Waals surface area contributed by atoms with Crippen LogP contribution in [0.2, 0.25) is 0 Å². The fraction of sp³-hybridized carbons (Fsp3) is 0.321. The van der Waals surface area contributed by atoms with E-state index in [2.05, 4.69) is 57.9 Å². The summed E-state index contributed by atoms with van der Waals surface area (Å²) < 4.78 is 8.99. The lowest BCUT2D eigenvalue weighted by molar-refractivity contribution is 0.122. The van der Waals surface area contributed by atoms with Gasteiger partial charge in [-0.05, 0) is 62.5 Å². The van der Waals surface area contributed by atoms with Crippen LogP contribution in [-0.4, -0.2) is 64.6 Å². The third kappa shape index (κ3) is 5.14. The van der Waals surface area contributed by atoms with Gasteiger partial charge in [0.2, 0.25) is 5.95 Å². The summed E-state index contributed by atoms with van der Waals surface area (Å²) in [7, 11) is 4.07. The van der Waals surface area contributed by atoms with Gasteiger partial charge in [-0.25, -0.2) is 14.3 Å². The third-order valence-electron chi connectivity index (χ3n) is 6.44. The van der Waals surface area contributed by atoms with Crippen molar-refractivity contribution in [1.82, 2.24) is 24.2 Å². The third-order valence-corrected chi connectivity index (χ3v) is 6.44. The molecule has 0 atom stereocenters. The number of morpholine rings is 1. The van der Waals surface area contributed by atoms with Crippen molar-refractivity contribution in [3.63, 3.8) is 0 Å². The van der Waals surface area contributed by atoms with Crippen LogP contribution < -0.4 is 15.8 Å². The maximum atomic E-state index is 13.2. The molecule has 0 saturated carbocycles. The van der Waals surface area contributed by atoms with Crippen LogP contribution in [0.1, 0.15) is 11.1 Å². The number of fused-ring (bicyclic) bond motifs is 1. The lowest BCUT2D eigenvalue weighted by atomic mass is 10.1. The number of ether oxygens (including phenoxy) is 1. The van der Waals surface area contributed by atoms with Gasteiger partial charge in [0.1, 0.15) is 5.39 Å². The van der Waals surface area contributed by atoms with Crippen molar-refractivity contribution in [3.8, 4) is 5.69 Å². The van der Waals surface area contributed by atoms with Crippen molar-refractivity contribution in [2.24, 2.45) is 0 Å². The fourth-order valence-electron chi connectivity index (χ4n) is 4.81. The Morgan fingerprint density at radius 2 is 1.97 bits per heavy atom. The Labute approximate surface area is 216 Å². The topological polar surface area (TPSA) is 80.5 Å². The zero-order valence-corrected chi connectivity index (χ0v) is 21.6. The molecule has 2 aromatic heterocycles. The number of hydrogen-bond acceptors (Lipinski definition) is 7. The average Bonchev–Trinajstić information content (AvgIpc) is 3.15. The first kappa shape index (κ1) is 24.7. The largest absolute Gasteiger partial charge is 0.378 e. The summed E-state index contributed by atoms with van der Waals surface area (Å²) >= 11 is 0. The molecule has 5 rings (SSSR count). The molecule has 2 aromatic carbocycles. The van der Waals surface area contributed by atoms with E-state index in [0.717, 1.165) is 49.8 Å². The Kier molecular flexibility index (Phi) is 7.07. The van der Waals surface area contributed by atoms with Crippen molar-refractivity contribution in [2.75, 3.05) is 50.6 Å². The molecular weight excluding hydrogens is 466 g/mol. The van der Waals surface area contributed by atoms with Crippen LogP contribution in [0.4, 0.5) is 17.3 Å². The second kappa shape index (κ2) is 10.6. The summed E-state index contributed by atoms with van der Waals surface area (Å²) in [5, 5.41) is 3.79. The van der Waals surface area contributed by atoms with Gasteiger partial charge in [0, 0.05) is 37.2 Å². The van der Waals surface area contributed by atoms with Crippen LogP contribution in [0.15, 0.2) is 66.1 Å². The lowest BCUT2D eigenvalue weighted by Gasteiger charge is -2.30. The van der Waals surface area contributed by atoms with Gasteiger partial charge in [0.15, 0.2) is 5.65 Å². The first-order valence-corrected chi connectivity index (χ1v) is 12.5. The molecule has 3 heterocycles. The number of aryl methyl sites for hydroxylation is 1. The molecule has 1 N–H and O–H groups in total. The van der Waals surface area contributed by atoms with Crippen LogP contribution >= 0.6 is 0 Å². The number of rotatable bonds is 8. The van der Waals surface area contributed by atoms with Gasteiger partial charge < -0.3 is 19.9 Å². The van der Waals surface area contributed by atoms with E-state index in [4.69, 9.17) is 9.72 Å². The molecule has 1 aliphatic rings. The molecule has 37 heavy (non-hydrogen) atoms. The molecule has 0 unspecified atom stereocenters. The van der Waals surface area contributed by atoms with Crippen molar-refractivity contribution in [1.29, 1.82) is 0 Å². The minimum Gasteiger partial charge on any atom is -0.378 e. The number of anilines is 3. The van der Waals surface area contributed by atoms with Gasteiger partial charge in [0.05, 0.1) is 25.4 Å². The first-order valence-electron chi connectivity index (χ1n) is 12.5. The summed E-state index contributed by atoms with van der Waals surface area (Å²) in [5.41, 5.74) is 5.67. The predicted molar refractivity (Wildman–Crippen MR) is 148 cm³/mol. The van der Waals surface area contributed by atoms with Crippen LogP contribution in [0, 0.1) is 6.92 Å². The van der Waals surface area contributed by atoms with Gasteiger partial charge in [-0.1, -0.05) is 18.2 Å². The molecule has 1 aliphatic heterocycles. The maximum absolute atomic E-state index is 13.2. The molecule has 9 heteroatoms. The predicted octanol–water partition coefficient (Wildman–Crippen LogP) is 3.72. The van der Waals surface area contributed by atoms with E-state index in [1.54, 1.807) is 17.0 Å². The van der Waals surface area contributed by atoms with Gasteiger partial charge >= 0.3 is 0 Å². The van der Waals surface area contributed by atoms with Gasteiger partial charge in [0.25, 0.3) is 5.56 Å². The summed E-state index contributed by atoms with van der Waals surface area (Å²) in [6.45, 7) is 10.4. The Hall–Kier alpha value is -3.95. The molecule has 0 spiro atoms. The minimum atomic E-state index is -0.148. The van der Waals surface area contributed by atoms with Crippen LogP contribution in [0.5, 0.6) is 0 Å². The zero-order valence-electron chi connectivity index (χ0n) is 21.6. The Balaban J connectivity index is 1.52. The fourth-order valence-corrected chi connectivity index (χ4v) is 4.81. The maximum Gasteiger partial charge on any atom is 0.278 e. The van der Waals surface area contributed by atoms with E-state index in [-0.39, 0.29) is 5.56 Å². The monoisotopic (exact) mass is 499 g/mol. The van der Waals surface area contributed by atoms with E-state index in [0.29, 0.717) is 23.5 Å². The van der Waals surface area contributed by atoms with Gasteiger partial charge in [-0.3, -0.25) is 4.79 Å². The Bertz CT molecular complexity index is 1480. The van der Waals surface area contributed by atoms with Crippen molar-refractivity contribution < 1.29 is 4.74 Å². The molecule has 1 saturated heterocycles.